The molecule has 0 unspecified atom stereocenters. The molecule has 0 radical (unpaired) electrons. The van der Waals surface area contributed by atoms with Crippen LogP contribution < -0.4 is 5.32 Å². The number of piperidine rings is 1. The van der Waals surface area contributed by atoms with Crippen LogP contribution in [0.25, 0.3) is 0 Å². The molecule has 2 aromatic rings. The maximum atomic E-state index is 13.3. The van der Waals surface area contributed by atoms with Crippen molar-refractivity contribution in [3.63, 3.8) is 0 Å². The number of amides is 1. The van der Waals surface area contributed by atoms with Crippen LogP contribution in [0, 0.1) is 5.82 Å². The lowest BCUT2D eigenvalue weighted by atomic mass is 10.0. The highest BCUT2D eigenvalue weighted by atomic mass is 19.1. The summed E-state index contributed by atoms with van der Waals surface area (Å²) in [5.74, 6) is -0.437. The van der Waals surface area contributed by atoms with Gasteiger partial charge in [-0.2, -0.15) is 0 Å². The number of hydrogen-bond acceptors (Lipinski definition) is 5. The minimum atomic E-state index is -0.239. The lowest BCUT2D eigenvalue weighted by Crippen LogP contribution is -2.34. The fourth-order valence-corrected chi connectivity index (χ4v) is 3.15. The molecule has 7 nitrogen and oxygen atoms in total. The fourth-order valence-electron chi connectivity index (χ4n) is 3.15. The Morgan fingerprint density at radius 1 is 1.38 bits per heavy atom. The number of carbonyl (C=O) groups is 1. The highest BCUT2D eigenvalue weighted by Gasteiger charge is 2.22. The van der Waals surface area contributed by atoms with Crippen molar-refractivity contribution in [2.75, 3.05) is 33.4 Å². The first-order valence-electron chi connectivity index (χ1n) is 8.81. The Morgan fingerprint density at radius 2 is 2.19 bits per heavy atom. The number of benzene rings is 1. The Labute approximate surface area is 152 Å². The monoisotopic (exact) mass is 361 g/mol. The average Bonchev–Trinajstić information content (AvgIpc) is 3.13. The van der Waals surface area contributed by atoms with Crippen LogP contribution in [-0.2, 0) is 11.3 Å². The van der Waals surface area contributed by atoms with Gasteiger partial charge < -0.3 is 10.1 Å². The Balaban J connectivity index is 1.49. The van der Waals surface area contributed by atoms with Crippen molar-refractivity contribution in [2.45, 2.75) is 25.4 Å². The molecule has 0 spiro atoms. The first-order chi connectivity index (χ1) is 12.7. The zero-order valence-corrected chi connectivity index (χ0v) is 14.9. The largest absolute Gasteiger partial charge is 0.383 e. The Kier molecular flexibility index (Phi) is 6.30. The first kappa shape index (κ1) is 18.5. The van der Waals surface area contributed by atoms with Crippen LogP contribution >= 0.6 is 0 Å². The predicted molar refractivity (Wildman–Crippen MR) is 94.2 cm³/mol. The number of aromatic nitrogens is 3. The molecule has 2 heterocycles. The molecule has 1 N–H and O–H groups in total. The zero-order chi connectivity index (χ0) is 18.4. The normalized spacial score (nSPS) is 15.9. The zero-order valence-electron chi connectivity index (χ0n) is 14.9. The Bertz CT molecular complexity index is 728. The molecule has 26 heavy (non-hydrogen) atoms. The molecule has 0 aliphatic carbocycles. The van der Waals surface area contributed by atoms with E-state index in [-0.39, 0.29) is 17.8 Å². The van der Waals surface area contributed by atoms with Crippen LogP contribution in [0.2, 0.25) is 0 Å². The SMILES string of the molecule is COCCNC(=O)c1cn(C2CCN(Cc3cccc(F)c3)CC2)nn1. The molecule has 1 aromatic heterocycles. The summed E-state index contributed by atoms with van der Waals surface area (Å²) in [7, 11) is 1.59. The minimum Gasteiger partial charge on any atom is -0.383 e. The number of halogens is 1. The molecule has 1 aliphatic heterocycles. The molecule has 0 atom stereocenters. The van der Waals surface area contributed by atoms with Crippen molar-refractivity contribution in [1.82, 2.24) is 25.2 Å². The summed E-state index contributed by atoms with van der Waals surface area (Å²) in [4.78, 5) is 14.3. The standard InChI is InChI=1S/C18H24FN5O2/c1-26-10-7-20-18(25)17-13-24(22-21-17)16-5-8-23(9-6-16)12-14-3-2-4-15(19)11-14/h2-4,11,13,16H,5-10,12H2,1H3,(H,20,25). The van der Waals surface area contributed by atoms with Crippen molar-refractivity contribution in [1.29, 1.82) is 0 Å². The van der Waals surface area contributed by atoms with Gasteiger partial charge in [0.05, 0.1) is 18.8 Å². The highest BCUT2D eigenvalue weighted by molar-refractivity contribution is 5.91. The van der Waals surface area contributed by atoms with E-state index < -0.39 is 0 Å². The van der Waals surface area contributed by atoms with Gasteiger partial charge in [0.1, 0.15) is 5.82 Å². The van der Waals surface area contributed by atoms with Crippen molar-refractivity contribution in [2.24, 2.45) is 0 Å². The van der Waals surface area contributed by atoms with E-state index in [1.807, 2.05) is 6.07 Å². The molecule has 1 amide bonds. The molecule has 140 valence electrons. The van der Waals surface area contributed by atoms with E-state index in [1.54, 1.807) is 30.1 Å². The maximum Gasteiger partial charge on any atom is 0.273 e. The number of methoxy groups -OCH3 is 1. The van der Waals surface area contributed by atoms with E-state index in [0.29, 0.717) is 18.8 Å². The second-order valence-electron chi connectivity index (χ2n) is 6.47. The van der Waals surface area contributed by atoms with Gasteiger partial charge in [-0.05, 0) is 30.5 Å². The van der Waals surface area contributed by atoms with Gasteiger partial charge in [-0.3, -0.25) is 9.69 Å². The van der Waals surface area contributed by atoms with Crippen LogP contribution in [0.1, 0.15) is 34.9 Å². The molecule has 3 rings (SSSR count). The lowest BCUT2D eigenvalue weighted by molar-refractivity contribution is 0.0932. The highest BCUT2D eigenvalue weighted by Crippen LogP contribution is 2.23. The number of nitrogens with zero attached hydrogens (tertiary/aromatic N) is 4. The van der Waals surface area contributed by atoms with Gasteiger partial charge in [0.15, 0.2) is 5.69 Å². The third-order valence-electron chi connectivity index (χ3n) is 4.56. The van der Waals surface area contributed by atoms with Gasteiger partial charge in [-0.15, -0.1) is 5.10 Å². The van der Waals surface area contributed by atoms with Gasteiger partial charge in [0, 0.05) is 33.3 Å². The number of likely N-dealkylation sites (tertiary alicyclic amines) is 1. The van der Waals surface area contributed by atoms with Crippen molar-refractivity contribution < 1.29 is 13.9 Å². The summed E-state index contributed by atoms with van der Waals surface area (Å²) >= 11 is 0. The molecule has 1 aliphatic rings. The summed E-state index contributed by atoms with van der Waals surface area (Å²) in [6.45, 7) is 3.45. The van der Waals surface area contributed by atoms with Gasteiger partial charge in [0.25, 0.3) is 5.91 Å². The van der Waals surface area contributed by atoms with Crippen molar-refractivity contribution >= 4 is 5.91 Å². The van der Waals surface area contributed by atoms with E-state index in [0.717, 1.165) is 38.0 Å². The van der Waals surface area contributed by atoms with Crippen LogP contribution in [0.4, 0.5) is 4.39 Å². The Morgan fingerprint density at radius 3 is 2.92 bits per heavy atom. The van der Waals surface area contributed by atoms with Crippen LogP contribution in [0.15, 0.2) is 30.5 Å². The van der Waals surface area contributed by atoms with Crippen LogP contribution in [0.5, 0.6) is 0 Å². The van der Waals surface area contributed by atoms with E-state index in [1.165, 1.54) is 6.07 Å². The van der Waals surface area contributed by atoms with E-state index in [9.17, 15) is 9.18 Å². The number of nitrogens with one attached hydrogen (secondary N) is 1. The number of ether oxygens (including phenoxy) is 1. The summed E-state index contributed by atoms with van der Waals surface area (Å²) in [6, 6.07) is 6.96. The predicted octanol–water partition coefficient (Wildman–Crippen LogP) is 1.63. The lowest BCUT2D eigenvalue weighted by Gasteiger charge is -2.31. The number of hydrogen-bond donors (Lipinski definition) is 1. The third kappa shape index (κ3) is 4.86. The molecule has 8 heteroatoms. The number of carbonyl (C=O) groups excluding carboxylic acids is 1. The van der Waals surface area contributed by atoms with Gasteiger partial charge in [-0.1, -0.05) is 17.3 Å². The molecule has 1 saturated heterocycles. The number of rotatable bonds is 7. The average molecular weight is 361 g/mol. The molecule has 0 bridgehead atoms. The second-order valence-corrected chi connectivity index (χ2v) is 6.47. The van der Waals surface area contributed by atoms with E-state index >= 15 is 0 Å². The summed E-state index contributed by atoms with van der Waals surface area (Å²) in [6.07, 6.45) is 3.54. The van der Waals surface area contributed by atoms with Crippen molar-refractivity contribution in [3.05, 3.63) is 47.5 Å². The summed E-state index contributed by atoms with van der Waals surface area (Å²) < 4.78 is 20.0. The fraction of sp³-hybridized carbons (Fsp3) is 0.500. The minimum absolute atomic E-state index is 0.198. The van der Waals surface area contributed by atoms with E-state index in [4.69, 9.17) is 4.74 Å². The Hall–Kier alpha value is -2.32. The molecule has 0 saturated carbocycles. The van der Waals surface area contributed by atoms with Crippen molar-refractivity contribution in [3.8, 4) is 0 Å². The molecule has 1 aromatic carbocycles. The summed E-state index contributed by atoms with van der Waals surface area (Å²) in [5, 5.41) is 10.8. The van der Waals surface area contributed by atoms with Gasteiger partial charge in [0.2, 0.25) is 0 Å². The smallest absolute Gasteiger partial charge is 0.273 e. The topological polar surface area (TPSA) is 72.3 Å². The second kappa shape index (κ2) is 8.86. The van der Waals surface area contributed by atoms with Crippen LogP contribution in [-0.4, -0.2) is 59.2 Å². The maximum absolute atomic E-state index is 13.3. The molecular formula is C18H24FN5O2. The van der Waals surface area contributed by atoms with Crippen LogP contribution in [0.3, 0.4) is 0 Å². The first-order valence-corrected chi connectivity index (χ1v) is 8.81. The molecule has 1 fully saturated rings. The van der Waals surface area contributed by atoms with Gasteiger partial charge in [-0.25, -0.2) is 9.07 Å². The summed E-state index contributed by atoms with van der Waals surface area (Å²) in [5.41, 5.74) is 1.31. The van der Waals surface area contributed by atoms with Gasteiger partial charge >= 0.3 is 0 Å². The quantitative estimate of drug-likeness (QED) is 0.759. The third-order valence-corrected chi connectivity index (χ3v) is 4.56. The molecular weight excluding hydrogens is 337 g/mol. The van der Waals surface area contributed by atoms with E-state index in [2.05, 4.69) is 20.5 Å².